The van der Waals surface area contributed by atoms with Crippen molar-refractivity contribution in [3.05, 3.63) is 17.6 Å². The number of rotatable bonds is 4. The van der Waals surface area contributed by atoms with Gasteiger partial charge in [-0.15, -0.1) is 11.6 Å². The molecule has 3 nitrogen and oxygen atoms in total. The number of aromatic nitrogens is 2. The van der Waals surface area contributed by atoms with E-state index in [-0.39, 0.29) is 5.38 Å². The normalized spacial score (nSPS) is 16.8. The van der Waals surface area contributed by atoms with Gasteiger partial charge in [0, 0.05) is 30.2 Å². The number of alkyl halides is 1. The highest BCUT2D eigenvalue weighted by Gasteiger charge is 2.16. The molecule has 1 aromatic heterocycles. The van der Waals surface area contributed by atoms with E-state index in [1.54, 1.807) is 6.33 Å². The van der Waals surface area contributed by atoms with Crippen molar-refractivity contribution in [3.63, 3.8) is 0 Å². The van der Waals surface area contributed by atoms with Gasteiger partial charge < -0.3 is 4.90 Å². The number of hydrogen-bond acceptors (Lipinski definition) is 3. The zero-order valence-corrected chi connectivity index (χ0v) is 12.1. The van der Waals surface area contributed by atoms with Crippen LogP contribution in [0.2, 0.25) is 0 Å². The quantitative estimate of drug-likeness (QED) is 0.620. The Balaban J connectivity index is 2.16. The molecule has 0 saturated carbocycles. The number of fused-ring (bicyclic) bond motifs is 1. The van der Waals surface area contributed by atoms with Crippen molar-refractivity contribution in [2.24, 2.45) is 0 Å². The maximum Gasteiger partial charge on any atom is 0.135 e. The summed E-state index contributed by atoms with van der Waals surface area (Å²) in [5.41, 5.74) is 2.61. The lowest BCUT2D eigenvalue weighted by Gasteiger charge is -2.22. The largest absolute Gasteiger partial charge is 0.359 e. The van der Waals surface area contributed by atoms with E-state index >= 15 is 0 Å². The molecule has 1 unspecified atom stereocenters. The zero-order chi connectivity index (χ0) is 13.0. The lowest BCUT2D eigenvalue weighted by molar-refractivity contribution is 0.707. The molecule has 4 heteroatoms. The molecule has 0 bridgehead atoms. The van der Waals surface area contributed by atoms with Crippen molar-refractivity contribution in [3.8, 4) is 0 Å². The third kappa shape index (κ3) is 3.35. The van der Waals surface area contributed by atoms with E-state index in [2.05, 4.69) is 21.9 Å². The van der Waals surface area contributed by atoms with E-state index in [9.17, 15) is 0 Å². The Bertz CT molecular complexity index is 393. The van der Waals surface area contributed by atoms with Gasteiger partial charge in [0.05, 0.1) is 0 Å². The molecule has 1 aromatic rings. The van der Waals surface area contributed by atoms with Crippen LogP contribution in [0.5, 0.6) is 0 Å². The Labute approximate surface area is 115 Å². The third-order valence-electron chi connectivity index (χ3n) is 3.58. The summed E-state index contributed by atoms with van der Waals surface area (Å²) in [5.74, 6) is 1.11. The first kappa shape index (κ1) is 13.6. The van der Waals surface area contributed by atoms with Crippen molar-refractivity contribution in [2.45, 2.75) is 50.8 Å². The minimum atomic E-state index is 0.216. The van der Waals surface area contributed by atoms with Crippen molar-refractivity contribution in [1.29, 1.82) is 0 Å². The van der Waals surface area contributed by atoms with Crippen LogP contribution in [-0.4, -0.2) is 28.9 Å². The Morgan fingerprint density at radius 1 is 1.28 bits per heavy atom. The van der Waals surface area contributed by atoms with Crippen molar-refractivity contribution in [1.82, 2.24) is 9.97 Å². The molecule has 0 aromatic carbocycles. The summed E-state index contributed by atoms with van der Waals surface area (Å²) in [6.07, 6.45) is 8.73. The molecule has 1 atom stereocenters. The summed E-state index contributed by atoms with van der Waals surface area (Å²) in [6, 6.07) is 0. The summed E-state index contributed by atoms with van der Waals surface area (Å²) in [4.78, 5) is 11.2. The topological polar surface area (TPSA) is 29.0 Å². The van der Waals surface area contributed by atoms with Gasteiger partial charge in [0.25, 0.3) is 0 Å². The van der Waals surface area contributed by atoms with Gasteiger partial charge in [-0.1, -0.05) is 6.42 Å². The number of hydrogen-bond donors (Lipinski definition) is 0. The fraction of sp³-hybridized carbons (Fsp3) is 0.714. The second kappa shape index (κ2) is 6.37. The molecule has 2 rings (SSSR count). The average Bonchev–Trinajstić information content (AvgIpc) is 2.60. The Kier molecular flexibility index (Phi) is 4.81. The van der Waals surface area contributed by atoms with E-state index in [0.717, 1.165) is 31.6 Å². The highest BCUT2D eigenvalue weighted by molar-refractivity contribution is 6.20. The molecule has 0 spiro atoms. The Morgan fingerprint density at radius 2 is 2.06 bits per heavy atom. The van der Waals surface area contributed by atoms with Crippen molar-refractivity contribution < 1.29 is 0 Å². The smallest absolute Gasteiger partial charge is 0.135 e. The summed E-state index contributed by atoms with van der Waals surface area (Å²) in [6.45, 7) is 2.99. The molecule has 1 heterocycles. The molecule has 0 N–H and O–H groups in total. The SMILES string of the molecule is CC(Cl)CCN(C)c1ncnc2c1CCCCC2. The number of aryl methyl sites for hydroxylation is 1. The highest BCUT2D eigenvalue weighted by Crippen LogP contribution is 2.26. The van der Waals surface area contributed by atoms with Crippen LogP contribution >= 0.6 is 11.6 Å². The number of anilines is 1. The van der Waals surface area contributed by atoms with Gasteiger partial charge in [-0.05, 0) is 39.0 Å². The maximum atomic E-state index is 6.02. The second-order valence-electron chi connectivity index (χ2n) is 5.17. The first-order chi connectivity index (χ1) is 8.68. The fourth-order valence-corrected chi connectivity index (χ4v) is 2.58. The molecule has 0 saturated heterocycles. The molecular weight excluding hydrogens is 246 g/mol. The molecule has 0 radical (unpaired) electrons. The van der Waals surface area contributed by atoms with E-state index in [1.807, 2.05) is 6.92 Å². The Morgan fingerprint density at radius 3 is 2.83 bits per heavy atom. The molecule has 0 aliphatic heterocycles. The lowest BCUT2D eigenvalue weighted by Crippen LogP contribution is -2.23. The first-order valence-corrected chi connectivity index (χ1v) is 7.30. The van der Waals surface area contributed by atoms with Crippen LogP contribution in [0.3, 0.4) is 0 Å². The Hall–Kier alpha value is -0.830. The monoisotopic (exact) mass is 267 g/mol. The second-order valence-corrected chi connectivity index (χ2v) is 5.92. The lowest BCUT2D eigenvalue weighted by atomic mass is 10.1. The molecule has 18 heavy (non-hydrogen) atoms. The van der Waals surface area contributed by atoms with Crippen LogP contribution in [0, 0.1) is 0 Å². The van der Waals surface area contributed by atoms with Crippen LogP contribution < -0.4 is 4.90 Å². The number of halogens is 1. The maximum absolute atomic E-state index is 6.02. The molecule has 0 fully saturated rings. The van der Waals surface area contributed by atoms with E-state index in [4.69, 9.17) is 11.6 Å². The molecule has 0 amide bonds. The van der Waals surface area contributed by atoms with Gasteiger partial charge in [0.15, 0.2) is 0 Å². The van der Waals surface area contributed by atoms with Crippen LogP contribution in [0.15, 0.2) is 6.33 Å². The molecule has 1 aliphatic rings. The van der Waals surface area contributed by atoms with Crippen LogP contribution in [0.25, 0.3) is 0 Å². The van der Waals surface area contributed by atoms with Crippen LogP contribution in [0.4, 0.5) is 5.82 Å². The van der Waals surface area contributed by atoms with E-state index in [1.165, 1.54) is 30.5 Å². The predicted molar refractivity (Wildman–Crippen MR) is 76.5 cm³/mol. The van der Waals surface area contributed by atoms with Gasteiger partial charge in [0.2, 0.25) is 0 Å². The third-order valence-corrected chi connectivity index (χ3v) is 3.79. The van der Waals surface area contributed by atoms with Gasteiger partial charge in [0.1, 0.15) is 12.1 Å². The fourth-order valence-electron chi connectivity index (χ4n) is 2.49. The summed E-state index contributed by atoms with van der Waals surface area (Å²) < 4.78 is 0. The molecular formula is C14H22ClN3. The van der Waals surface area contributed by atoms with Gasteiger partial charge in [-0.25, -0.2) is 9.97 Å². The van der Waals surface area contributed by atoms with Crippen molar-refractivity contribution in [2.75, 3.05) is 18.5 Å². The summed E-state index contributed by atoms with van der Waals surface area (Å²) in [5, 5.41) is 0.216. The summed E-state index contributed by atoms with van der Waals surface area (Å²) >= 11 is 6.02. The highest BCUT2D eigenvalue weighted by atomic mass is 35.5. The summed E-state index contributed by atoms with van der Waals surface area (Å²) in [7, 11) is 2.10. The van der Waals surface area contributed by atoms with Gasteiger partial charge in [-0.3, -0.25) is 0 Å². The average molecular weight is 268 g/mol. The van der Waals surface area contributed by atoms with Gasteiger partial charge >= 0.3 is 0 Å². The minimum Gasteiger partial charge on any atom is -0.359 e. The standard InChI is InChI=1S/C14H22ClN3/c1-11(15)8-9-18(2)14-12-6-4-3-5-7-13(12)16-10-17-14/h10-11H,3-9H2,1-2H3. The van der Waals surface area contributed by atoms with E-state index < -0.39 is 0 Å². The number of nitrogens with zero attached hydrogens (tertiary/aromatic N) is 3. The van der Waals surface area contributed by atoms with Crippen LogP contribution in [0.1, 0.15) is 43.9 Å². The zero-order valence-electron chi connectivity index (χ0n) is 11.3. The molecule has 100 valence electrons. The first-order valence-electron chi connectivity index (χ1n) is 6.86. The van der Waals surface area contributed by atoms with Gasteiger partial charge in [-0.2, -0.15) is 0 Å². The minimum absolute atomic E-state index is 0.216. The van der Waals surface area contributed by atoms with Crippen molar-refractivity contribution >= 4 is 17.4 Å². The predicted octanol–water partition coefficient (Wildman–Crippen LogP) is 3.20. The van der Waals surface area contributed by atoms with E-state index in [0.29, 0.717) is 0 Å². The van der Waals surface area contributed by atoms with Crippen LogP contribution in [-0.2, 0) is 12.8 Å². The molecule has 1 aliphatic carbocycles.